The van der Waals surface area contributed by atoms with Crippen molar-refractivity contribution in [3.63, 3.8) is 0 Å². The Morgan fingerprint density at radius 1 is 1.26 bits per heavy atom. The van der Waals surface area contributed by atoms with E-state index in [9.17, 15) is 9.18 Å². The average Bonchev–Trinajstić information content (AvgIpc) is 3.14. The summed E-state index contributed by atoms with van der Waals surface area (Å²) in [5, 5.41) is 7.42. The van der Waals surface area contributed by atoms with Crippen molar-refractivity contribution < 1.29 is 13.9 Å². The quantitative estimate of drug-likeness (QED) is 0.765. The largest absolute Gasteiger partial charge is 0.490 e. The second-order valence-electron chi connectivity index (χ2n) is 6.43. The van der Waals surface area contributed by atoms with Gasteiger partial charge >= 0.3 is 0 Å². The number of nitrogens with one attached hydrogen (secondary N) is 1. The van der Waals surface area contributed by atoms with Gasteiger partial charge in [-0.05, 0) is 24.6 Å². The van der Waals surface area contributed by atoms with Crippen LogP contribution in [0.2, 0.25) is 0 Å². The molecule has 4 rings (SSSR count). The molecule has 0 unspecified atom stereocenters. The standard InChI is InChI=1S/C21H20FN3O2/c1-2-19-16(13-23-25(19)14-7-4-3-5-8-14)21(26)24-18-11-12-27-20-15(18)9-6-10-17(20)22/h3-10,13,18H,2,11-12H2,1H3,(H,24,26)/t18-/m0/s1. The first kappa shape index (κ1) is 17.3. The fourth-order valence-electron chi connectivity index (χ4n) is 3.47. The van der Waals surface area contributed by atoms with Crippen LogP contribution in [-0.2, 0) is 6.42 Å². The van der Waals surface area contributed by atoms with Crippen molar-refractivity contribution in [2.75, 3.05) is 6.61 Å². The second kappa shape index (κ2) is 7.23. The van der Waals surface area contributed by atoms with Crippen molar-refractivity contribution in [1.82, 2.24) is 15.1 Å². The number of aromatic nitrogens is 2. The molecule has 1 N–H and O–H groups in total. The van der Waals surface area contributed by atoms with Gasteiger partial charge in [0.25, 0.3) is 5.91 Å². The van der Waals surface area contributed by atoms with Crippen LogP contribution in [0.15, 0.2) is 54.7 Å². The molecule has 0 radical (unpaired) electrons. The molecule has 3 aromatic rings. The molecule has 1 aliphatic heterocycles. The van der Waals surface area contributed by atoms with E-state index in [2.05, 4.69) is 10.4 Å². The number of hydrogen-bond donors (Lipinski definition) is 1. The van der Waals surface area contributed by atoms with E-state index in [0.717, 1.165) is 11.4 Å². The van der Waals surface area contributed by atoms with E-state index in [0.29, 0.717) is 30.6 Å². The molecule has 0 spiro atoms. The topological polar surface area (TPSA) is 56.1 Å². The number of halogens is 1. The number of hydrogen-bond acceptors (Lipinski definition) is 3. The number of para-hydroxylation sites is 2. The summed E-state index contributed by atoms with van der Waals surface area (Å²) in [6.07, 6.45) is 2.85. The van der Waals surface area contributed by atoms with Crippen molar-refractivity contribution in [3.8, 4) is 11.4 Å². The molecule has 138 valence electrons. The molecule has 1 aromatic heterocycles. The van der Waals surface area contributed by atoms with Gasteiger partial charge in [0.05, 0.1) is 35.8 Å². The number of carbonyl (C=O) groups excluding carboxylic acids is 1. The van der Waals surface area contributed by atoms with Gasteiger partial charge in [-0.2, -0.15) is 5.10 Å². The fraction of sp³-hybridized carbons (Fsp3) is 0.238. The van der Waals surface area contributed by atoms with Gasteiger partial charge in [-0.1, -0.05) is 37.3 Å². The van der Waals surface area contributed by atoms with Gasteiger partial charge in [-0.25, -0.2) is 9.07 Å². The molecular weight excluding hydrogens is 345 g/mol. The van der Waals surface area contributed by atoms with Crippen molar-refractivity contribution in [3.05, 3.63) is 77.4 Å². The molecule has 0 saturated heterocycles. The summed E-state index contributed by atoms with van der Waals surface area (Å²) >= 11 is 0. The summed E-state index contributed by atoms with van der Waals surface area (Å²) in [6, 6.07) is 14.2. The fourth-order valence-corrected chi connectivity index (χ4v) is 3.47. The first-order valence-electron chi connectivity index (χ1n) is 9.03. The number of rotatable bonds is 4. The summed E-state index contributed by atoms with van der Waals surface area (Å²) in [4.78, 5) is 12.9. The van der Waals surface area contributed by atoms with Gasteiger partial charge in [0, 0.05) is 12.0 Å². The van der Waals surface area contributed by atoms with Gasteiger partial charge < -0.3 is 10.1 Å². The van der Waals surface area contributed by atoms with Gasteiger partial charge in [0.2, 0.25) is 0 Å². The number of fused-ring (bicyclic) bond motifs is 1. The van der Waals surface area contributed by atoms with E-state index in [1.807, 2.05) is 37.3 Å². The molecular formula is C21H20FN3O2. The van der Waals surface area contributed by atoms with E-state index >= 15 is 0 Å². The van der Waals surface area contributed by atoms with Gasteiger partial charge in [0.15, 0.2) is 11.6 Å². The van der Waals surface area contributed by atoms with Crippen LogP contribution in [0.4, 0.5) is 4.39 Å². The SMILES string of the molecule is CCc1c(C(=O)N[C@H]2CCOc3c(F)cccc32)cnn1-c1ccccc1. The van der Waals surface area contributed by atoms with E-state index in [4.69, 9.17) is 4.74 Å². The lowest BCUT2D eigenvalue weighted by Crippen LogP contribution is -2.32. The van der Waals surface area contributed by atoms with Crippen LogP contribution in [0.25, 0.3) is 5.69 Å². The minimum atomic E-state index is -0.405. The lowest BCUT2D eigenvalue weighted by molar-refractivity contribution is 0.0923. The van der Waals surface area contributed by atoms with E-state index in [-0.39, 0.29) is 17.7 Å². The second-order valence-corrected chi connectivity index (χ2v) is 6.43. The first-order valence-corrected chi connectivity index (χ1v) is 9.03. The highest BCUT2D eigenvalue weighted by atomic mass is 19.1. The first-order chi connectivity index (χ1) is 13.2. The Labute approximate surface area is 156 Å². The molecule has 1 aliphatic rings. The predicted octanol–water partition coefficient (Wildman–Crippen LogP) is 3.83. The smallest absolute Gasteiger partial charge is 0.255 e. The van der Waals surface area contributed by atoms with E-state index in [1.165, 1.54) is 6.07 Å². The number of carbonyl (C=O) groups is 1. The summed E-state index contributed by atoms with van der Waals surface area (Å²) in [5.41, 5.74) is 2.95. The van der Waals surface area contributed by atoms with Crippen molar-refractivity contribution >= 4 is 5.91 Å². The zero-order valence-corrected chi connectivity index (χ0v) is 15.0. The normalized spacial score (nSPS) is 15.7. The van der Waals surface area contributed by atoms with E-state index in [1.54, 1.807) is 23.0 Å². The zero-order valence-electron chi connectivity index (χ0n) is 15.0. The highest BCUT2D eigenvalue weighted by molar-refractivity contribution is 5.95. The van der Waals surface area contributed by atoms with Crippen LogP contribution in [0.1, 0.15) is 41.0 Å². The molecule has 0 aliphatic carbocycles. The van der Waals surface area contributed by atoms with Crippen LogP contribution < -0.4 is 10.1 Å². The molecule has 0 saturated carbocycles. The number of benzene rings is 2. The molecule has 0 fully saturated rings. The highest BCUT2D eigenvalue weighted by Gasteiger charge is 2.27. The molecule has 5 nitrogen and oxygen atoms in total. The highest BCUT2D eigenvalue weighted by Crippen LogP contribution is 2.34. The molecule has 0 bridgehead atoms. The Balaban J connectivity index is 1.62. The van der Waals surface area contributed by atoms with Gasteiger partial charge in [-0.3, -0.25) is 4.79 Å². The maximum Gasteiger partial charge on any atom is 0.255 e. The summed E-state index contributed by atoms with van der Waals surface area (Å²) < 4.78 is 21.2. The molecule has 6 heteroatoms. The zero-order chi connectivity index (χ0) is 18.8. The molecule has 2 aromatic carbocycles. The predicted molar refractivity (Wildman–Crippen MR) is 99.7 cm³/mol. The Morgan fingerprint density at radius 3 is 2.85 bits per heavy atom. The minimum Gasteiger partial charge on any atom is -0.490 e. The Bertz CT molecular complexity index is 969. The van der Waals surface area contributed by atoms with Crippen LogP contribution in [-0.4, -0.2) is 22.3 Å². The van der Waals surface area contributed by atoms with Crippen molar-refractivity contribution in [2.45, 2.75) is 25.8 Å². The van der Waals surface area contributed by atoms with Crippen LogP contribution >= 0.6 is 0 Å². The number of amides is 1. The number of ether oxygens (including phenoxy) is 1. The number of nitrogens with zero attached hydrogens (tertiary/aromatic N) is 2. The van der Waals surface area contributed by atoms with Gasteiger partial charge in [-0.15, -0.1) is 0 Å². The average molecular weight is 365 g/mol. The third-order valence-corrected chi connectivity index (χ3v) is 4.78. The third-order valence-electron chi connectivity index (χ3n) is 4.78. The summed E-state index contributed by atoms with van der Waals surface area (Å²) in [6.45, 7) is 2.36. The Hall–Kier alpha value is -3.15. The summed E-state index contributed by atoms with van der Waals surface area (Å²) in [5.74, 6) is -0.390. The van der Waals surface area contributed by atoms with Gasteiger partial charge in [0.1, 0.15) is 0 Å². The monoisotopic (exact) mass is 365 g/mol. The minimum absolute atomic E-state index is 0.212. The molecule has 1 amide bonds. The van der Waals surface area contributed by atoms with E-state index < -0.39 is 5.82 Å². The third kappa shape index (κ3) is 3.18. The lowest BCUT2D eigenvalue weighted by atomic mass is 9.99. The van der Waals surface area contributed by atoms with Crippen molar-refractivity contribution in [2.24, 2.45) is 0 Å². The van der Waals surface area contributed by atoms with Crippen LogP contribution in [0.3, 0.4) is 0 Å². The molecule has 2 heterocycles. The van der Waals surface area contributed by atoms with Crippen molar-refractivity contribution in [1.29, 1.82) is 0 Å². The summed E-state index contributed by atoms with van der Waals surface area (Å²) in [7, 11) is 0. The maximum absolute atomic E-state index is 14.0. The molecule has 1 atom stereocenters. The Morgan fingerprint density at radius 2 is 2.07 bits per heavy atom. The maximum atomic E-state index is 14.0. The lowest BCUT2D eigenvalue weighted by Gasteiger charge is -2.27. The van der Waals surface area contributed by atoms with Crippen LogP contribution in [0, 0.1) is 5.82 Å². The Kier molecular flexibility index (Phi) is 4.62. The molecule has 27 heavy (non-hydrogen) atoms. The van der Waals surface area contributed by atoms with Crippen LogP contribution in [0.5, 0.6) is 5.75 Å².